The summed E-state index contributed by atoms with van der Waals surface area (Å²) in [5, 5.41) is 1.43. The fourth-order valence-electron chi connectivity index (χ4n) is 1.23. The lowest BCUT2D eigenvalue weighted by Crippen LogP contribution is -1.95. The SMILES string of the molecule is Nc1ccnc(SCCCSc2nccc(N)n2)n1. The molecule has 19 heavy (non-hydrogen) atoms. The first-order valence-electron chi connectivity index (χ1n) is 5.67. The van der Waals surface area contributed by atoms with Crippen LogP contribution in [-0.4, -0.2) is 31.4 Å². The Labute approximate surface area is 119 Å². The van der Waals surface area contributed by atoms with Gasteiger partial charge in [0.05, 0.1) is 0 Å². The van der Waals surface area contributed by atoms with Gasteiger partial charge in [-0.1, -0.05) is 23.5 Å². The second kappa shape index (κ2) is 7.15. The predicted molar refractivity (Wildman–Crippen MR) is 79.0 cm³/mol. The first-order valence-corrected chi connectivity index (χ1v) is 7.64. The highest BCUT2D eigenvalue weighted by Gasteiger charge is 2.00. The van der Waals surface area contributed by atoms with Crippen molar-refractivity contribution in [1.29, 1.82) is 0 Å². The molecule has 0 saturated carbocycles. The standard InChI is InChI=1S/C11H14N6S2/c12-8-2-4-14-10(16-8)18-6-1-7-19-11-15-5-3-9(13)17-11/h2-5H,1,6-7H2,(H2,12,14,16)(H2,13,15,17). The topological polar surface area (TPSA) is 104 Å². The maximum atomic E-state index is 5.58. The van der Waals surface area contributed by atoms with E-state index in [9.17, 15) is 0 Å². The molecule has 0 spiro atoms. The first-order chi connectivity index (χ1) is 9.24. The Morgan fingerprint density at radius 1 is 0.842 bits per heavy atom. The van der Waals surface area contributed by atoms with Crippen LogP contribution in [0, 0.1) is 0 Å². The Morgan fingerprint density at radius 3 is 1.74 bits per heavy atom. The lowest BCUT2D eigenvalue weighted by atomic mass is 10.6. The molecular weight excluding hydrogens is 280 g/mol. The maximum Gasteiger partial charge on any atom is 0.189 e. The van der Waals surface area contributed by atoms with E-state index in [1.807, 2.05) is 0 Å². The highest BCUT2D eigenvalue weighted by atomic mass is 32.2. The molecule has 6 nitrogen and oxygen atoms in total. The van der Waals surface area contributed by atoms with Crippen LogP contribution in [0.25, 0.3) is 0 Å². The fraction of sp³-hybridized carbons (Fsp3) is 0.273. The second-order valence-corrected chi connectivity index (χ2v) is 5.70. The molecule has 2 rings (SSSR count). The molecule has 0 aliphatic rings. The summed E-state index contributed by atoms with van der Waals surface area (Å²) in [6.07, 6.45) is 4.34. The monoisotopic (exact) mass is 294 g/mol. The summed E-state index contributed by atoms with van der Waals surface area (Å²) in [4.78, 5) is 16.5. The zero-order valence-corrected chi connectivity index (χ0v) is 11.8. The smallest absolute Gasteiger partial charge is 0.189 e. The van der Waals surface area contributed by atoms with Crippen LogP contribution in [0.5, 0.6) is 0 Å². The van der Waals surface area contributed by atoms with E-state index < -0.39 is 0 Å². The Bertz CT molecular complexity index is 489. The average molecular weight is 294 g/mol. The van der Waals surface area contributed by atoms with Gasteiger partial charge < -0.3 is 11.5 Å². The lowest BCUT2D eigenvalue weighted by molar-refractivity contribution is 0.963. The Kier molecular flexibility index (Phi) is 5.22. The number of anilines is 2. The van der Waals surface area contributed by atoms with Gasteiger partial charge in [-0.2, -0.15) is 0 Å². The normalized spacial score (nSPS) is 10.5. The molecule has 0 bridgehead atoms. The van der Waals surface area contributed by atoms with Crippen molar-refractivity contribution in [3.8, 4) is 0 Å². The molecule has 8 heteroatoms. The Hall–Kier alpha value is -1.54. The number of nitrogen functional groups attached to an aromatic ring is 2. The molecule has 0 unspecified atom stereocenters. The van der Waals surface area contributed by atoms with Crippen LogP contribution >= 0.6 is 23.5 Å². The van der Waals surface area contributed by atoms with Gasteiger partial charge in [-0.05, 0) is 18.6 Å². The van der Waals surface area contributed by atoms with E-state index in [2.05, 4.69) is 19.9 Å². The van der Waals surface area contributed by atoms with Crippen molar-refractivity contribution in [2.24, 2.45) is 0 Å². The summed E-state index contributed by atoms with van der Waals surface area (Å²) < 4.78 is 0. The van der Waals surface area contributed by atoms with Gasteiger partial charge in [-0.25, -0.2) is 19.9 Å². The number of nitrogens with zero attached hydrogens (tertiary/aromatic N) is 4. The molecule has 0 aliphatic heterocycles. The quantitative estimate of drug-likeness (QED) is 0.471. The maximum absolute atomic E-state index is 5.58. The Morgan fingerprint density at radius 2 is 1.32 bits per heavy atom. The molecule has 0 amide bonds. The van der Waals surface area contributed by atoms with Crippen LogP contribution in [0.1, 0.15) is 6.42 Å². The molecule has 100 valence electrons. The molecule has 4 N–H and O–H groups in total. The Balaban J connectivity index is 1.67. The van der Waals surface area contributed by atoms with E-state index in [1.165, 1.54) is 0 Å². The van der Waals surface area contributed by atoms with Crippen LogP contribution < -0.4 is 11.5 Å². The summed E-state index contributed by atoms with van der Waals surface area (Å²) in [6, 6.07) is 3.36. The van der Waals surface area contributed by atoms with Crippen molar-refractivity contribution in [2.75, 3.05) is 23.0 Å². The summed E-state index contributed by atoms with van der Waals surface area (Å²) in [5.74, 6) is 2.86. The van der Waals surface area contributed by atoms with Crippen molar-refractivity contribution >= 4 is 35.2 Å². The van der Waals surface area contributed by atoms with Gasteiger partial charge in [-0.3, -0.25) is 0 Å². The largest absolute Gasteiger partial charge is 0.384 e. The van der Waals surface area contributed by atoms with Gasteiger partial charge in [-0.15, -0.1) is 0 Å². The zero-order chi connectivity index (χ0) is 13.5. The molecule has 2 aromatic heterocycles. The van der Waals surface area contributed by atoms with Crippen molar-refractivity contribution in [3.63, 3.8) is 0 Å². The number of rotatable bonds is 6. The third-order valence-electron chi connectivity index (χ3n) is 2.06. The summed E-state index contributed by atoms with van der Waals surface area (Å²) >= 11 is 3.18. The summed E-state index contributed by atoms with van der Waals surface area (Å²) in [6.45, 7) is 0. The summed E-state index contributed by atoms with van der Waals surface area (Å²) in [7, 11) is 0. The minimum atomic E-state index is 0.500. The van der Waals surface area contributed by atoms with Gasteiger partial charge in [0.1, 0.15) is 11.6 Å². The molecule has 0 saturated heterocycles. The second-order valence-electron chi connectivity index (χ2n) is 3.58. The molecule has 2 aromatic rings. The minimum Gasteiger partial charge on any atom is -0.384 e. The minimum absolute atomic E-state index is 0.500. The van der Waals surface area contributed by atoms with Crippen LogP contribution in [0.4, 0.5) is 11.6 Å². The number of hydrogen-bond acceptors (Lipinski definition) is 8. The molecule has 0 aliphatic carbocycles. The molecule has 0 fully saturated rings. The van der Waals surface area contributed by atoms with Crippen LogP contribution in [0.2, 0.25) is 0 Å². The fourth-order valence-corrected chi connectivity index (χ4v) is 2.97. The van der Waals surface area contributed by atoms with E-state index >= 15 is 0 Å². The van der Waals surface area contributed by atoms with Gasteiger partial charge in [0.2, 0.25) is 0 Å². The van der Waals surface area contributed by atoms with Crippen LogP contribution in [-0.2, 0) is 0 Å². The van der Waals surface area contributed by atoms with E-state index in [1.54, 1.807) is 48.1 Å². The molecular formula is C11H14N6S2. The van der Waals surface area contributed by atoms with Crippen molar-refractivity contribution in [3.05, 3.63) is 24.5 Å². The van der Waals surface area contributed by atoms with Crippen molar-refractivity contribution in [2.45, 2.75) is 16.7 Å². The van der Waals surface area contributed by atoms with Crippen molar-refractivity contribution in [1.82, 2.24) is 19.9 Å². The van der Waals surface area contributed by atoms with Crippen LogP contribution in [0.3, 0.4) is 0 Å². The molecule has 2 heterocycles. The number of thioether (sulfide) groups is 2. The summed E-state index contributed by atoms with van der Waals surface area (Å²) in [5.41, 5.74) is 11.2. The number of hydrogen-bond donors (Lipinski definition) is 2. The highest BCUT2D eigenvalue weighted by Crippen LogP contribution is 2.18. The van der Waals surface area contributed by atoms with Gasteiger partial charge in [0, 0.05) is 23.9 Å². The third kappa shape index (κ3) is 4.92. The number of nitrogens with two attached hydrogens (primary N) is 2. The predicted octanol–water partition coefficient (Wildman–Crippen LogP) is 1.71. The van der Waals surface area contributed by atoms with Gasteiger partial charge in [0.25, 0.3) is 0 Å². The first kappa shape index (κ1) is 13.9. The van der Waals surface area contributed by atoms with Gasteiger partial charge in [0.15, 0.2) is 10.3 Å². The zero-order valence-electron chi connectivity index (χ0n) is 10.2. The average Bonchev–Trinajstić information content (AvgIpc) is 2.38. The van der Waals surface area contributed by atoms with Crippen molar-refractivity contribution < 1.29 is 0 Å². The van der Waals surface area contributed by atoms with E-state index in [0.717, 1.165) is 17.9 Å². The molecule has 0 radical (unpaired) electrons. The van der Waals surface area contributed by atoms with E-state index in [0.29, 0.717) is 21.9 Å². The third-order valence-corrected chi connectivity index (χ3v) is 3.96. The van der Waals surface area contributed by atoms with Gasteiger partial charge >= 0.3 is 0 Å². The number of aromatic nitrogens is 4. The lowest BCUT2D eigenvalue weighted by Gasteiger charge is -2.01. The molecule has 0 aromatic carbocycles. The molecule has 0 atom stereocenters. The van der Waals surface area contributed by atoms with Crippen LogP contribution in [0.15, 0.2) is 34.8 Å². The van der Waals surface area contributed by atoms with E-state index in [-0.39, 0.29) is 0 Å². The highest BCUT2D eigenvalue weighted by molar-refractivity contribution is 8.00. The van der Waals surface area contributed by atoms with E-state index in [4.69, 9.17) is 11.5 Å².